The number of hydrogen-bond acceptors (Lipinski definition) is 4. The number of carbonyl (C=O) groups is 1. The first kappa shape index (κ1) is 10.5. The summed E-state index contributed by atoms with van der Waals surface area (Å²) in [5.74, 6) is -0.720. The molecule has 0 aromatic rings. The van der Waals surface area contributed by atoms with E-state index in [-0.39, 0.29) is 17.6 Å². The smallest absolute Gasteiger partial charge is 0.310 e. The molecule has 0 spiro atoms. The third-order valence-electron chi connectivity index (χ3n) is 2.32. The minimum absolute atomic E-state index is 0.0567. The number of carbonyl (C=O) groups excluding carboxylic acids is 1. The van der Waals surface area contributed by atoms with Gasteiger partial charge in [0.05, 0.1) is 18.3 Å². The quantitative estimate of drug-likeness (QED) is 0.527. The largest absolute Gasteiger partial charge is 0.465 e. The van der Waals surface area contributed by atoms with Crippen molar-refractivity contribution in [3.8, 4) is 0 Å². The van der Waals surface area contributed by atoms with Gasteiger partial charge in [0.25, 0.3) is 0 Å². The van der Waals surface area contributed by atoms with E-state index in [1.54, 1.807) is 0 Å². The van der Waals surface area contributed by atoms with Crippen LogP contribution in [0.25, 0.3) is 0 Å². The highest BCUT2D eigenvalue weighted by Crippen LogP contribution is 2.26. The minimum atomic E-state index is -2.48. The summed E-state index contributed by atoms with van der Waals surface area (Å²) in [4.78, 5) is 11.1. The number of hydrogen-bond donors (Lipinski definition) is 1. The Bertz CT molecular complexity index is 251. The number of rotatable bonds is 4. The molecule has 1 heterocycles. The molecule has 1 rings (SSSR count). The molecule has 0 aromatic carbocycles. The van der Waals surface area contributed by atoms with E-state index in [9.17, 15) is 13.2 Å². The number of ether oxygens (including phenoxy) is 1. The van der Waals surface area contributed by atoms with E-state index in [0.29, 0.717) is 6.61 Å². The summed E-state index contributed by atoms with van der Waals surface area (Å²) >= 11 is 0. The normalized spacial score (nSPS) is 28.0. The molecule has 13 heavy (non-hydrogen) atoms. The van der Waals surface area contributed by atoms with Gasteiger partial charge in [-0.05, 0) is 6.42 Å². The molecule has 0 radical (unpaired) electrons. The van der Waals surface area contributed by atoms with Crippen LogP contribution in [0, 0.1) is 11.8 Å². The molecule has 4 nitrogen and oxygen atoms in total. The monoisotopic (exact) mass is 206 g/mol. The maximum atomic E-state index is 11.1. The van der Waals surface area contributed by atoms with Crippen LogP contribution in [-0.2, 0) is 20.2 Å². The standard InChI is InChI=1S/C8H14O4S/c1-2-3-6-4-12-8(9)7(6)5-13(10)11/h6-7,13H,2-5H2,1H3/t6-,7?/m1/s1. The van der Waals surface area contributed by atoms with Crippen LogP contribution < -0.4 is 0 Å². The molecular weight excluding hydrogens is 192 g/mol. The molecule has 1 unspecified atom stereocenters. The minimum Gasteiger partial charge on any atom is -0.465 e. The van der Waals surface area contributed by atoms with E-state index < -0.39 is 16.6 Å². The fourth-order valence-electron chi connectivity index (χ4n) is 1.64. The predicted octanol–water partition coefficient (Wildman–Crippen LogP) is 0.187. The number of esters is 1. The van der Waals surface area contributed by atoms with Crippen molar-refractivity contribution in [2.45, 2.75) is 19.8 Å². The molecule has 1 aliphatic rings. The van der Waals surface area contributed by atoms with Crippen molar-refractivity contribution in [3.05, 3.63) is 0 Å². The zero-order chi connectivity index (χ0) is 9.84. The molecule has 0 aromatic heterocycles. The van der Waals surface area contributed by atoms with Crippen molar-refractivity contribution in [1.82, 2.24) is 0 Å². The summed E-state index contributed by atoms with van der Waals surface area (Å²) in [6.45, 7) is 2.40. The maximum absolute atomic E-state index is 11.1. The first-order valence-corrected chi connectivity index (χ1v) is 5.79. The second kappa shape index (κ2) is 4.60. The zero-order valence-electron chi connectivity index (χ0n) is 7.56. The molecule has 5 heteroatoms. The van der Waals surface area contributed by atoms with Crippen molar-refractivity contribution in [1.29, 1.82) is 0 Å². The molecule has 2 atom stereocenters. The van der Waals surface area contributed by atoms with Crippen LogP contribution in [0.1, 0.15) is 19.8 Å². The zero-order valence-corrected chi connectivity index (χ0v) is 8.46. The van der Waals surface area contributed by atoms with Crippen LogP contribution in [0.3, 0.4) is 0 Å². The summed E-state index contributed by atoms with van der Waals surface area (Å²) in [7, 11) is -2.48. The third-order valence-corrected chi connectivity index (χ3v) is 3.01. The van der Waals surface area contributed by atoms with Crippen LogP contribution in [0.4, 0.5) is 0 Å². The lowest BCUT2D eigenvalue weighted by molar-refractivity contribution is -0.140. The molecule has 76 valence electrons. The van der Waals surface area contributed by atoms with Gasteiger partial charge in [-0.1, -0.05) is 13.3 Å². The molecule has 1 saturated heterocycles. The Labute approximate surface area is 79.2 Å². The Kier molecular flexibility index (Phi) is 3.71. The van der Waals surface area contributed by atoms with E-state index in [2.05, 4.69) is 0 Å². The van der Waals surface area contributed by atoms with Gasteiger partial charge in [0, 0.05) is 5.92 Å². The van der Waals surface area contributed by atoms with Crippen molar-refractivity contribution in [2.75, 3.05) is 12.4 Å². The second-order valence-electron chi connectivity index (χ2n) is 3.30. The van der Waals surface area contributed by atoms with E-state index in [1.807, 2.05) is 6.92 Å². The number of thiol groups is 1. The Hall–Kier alpha value is -0.580. The van der Waals surface area contributed by atoms with Crippen molar-refractivity contribution < 1.29 is 17.9 Å². The molecule has 0 aliphatic carbocycles. The molecule has 0 saturated carbocycles. The van der Waals surface area contributed by atoms with Crippen LogP contribution in [0.2, 0.25) is 0 Å². The van der Waals surface area contributed by atoms with E-state index in [0.717, 1.165) is 12.8 Å². The summed E-state index contributed by atoms with van der Waals surface area (Å²) in [5, 5.41) is 0. The van der Waals surface area contributed by atoms with E-state index in [1.165, 1.54) is 0 Å². The van der Waals surface area contributed by atoms with Crippen LogP contribution >= 0.6 is 0 Å². The van der Waals surface area contributed by atoms with E-state index >= 15 is 0 Å². The van der Waals surface area contributed by atoms with Gasteiger partial charge in [0.1, 0.15) is 10.7 Å². The average Bonchev–Trinajstić information content (AvgIpc) is 2.36. The predicted molar refractivity (Wildman–Crippen MR) is 48.0 cm³/mol. The highest BCUT2D eigenvalue weighted by molar-refractivity contribution is 7.72. The maximum Gasteiger partial charge on any atom is 0.310 e. The summed E-state index contributed by atoms with van der Waals surface area (Å²) < 4.78 is 25.8. The van der Waals surface area contributed by atoms with Crippen molar-refractivity contribution in [2.24, 2.45) is 11.8 Å². The Morgan fingerprint density at radius 1 is 1.54 bits per heavy atom. The van der Waals surface area contributed by atoms with Gasteiger partial charge in [-0.25, -0.2) is 8.42 Å². The van der Waals surface area contributed by atoms with Gasteiger partial charge in [0.15, 0.2) is 0 Å². The fourth-order valence-corrected chi connectivity index (χ4v) is 2.41. The third kappa shape index (κ3) is 2.69. The Morgan fingerprint density at radius 3 is 2.77 bits per heavy atom. The molecule has 0 N–H and O–H groups in total. The summed E-state index contributed by atoms with van der Waals surface area (Å²) in [5.41, 5.74) is 0. The highest BCUT2D eigenvalue weighted by Gasteiger charge is 2.36. The number of cyclic esters (lactones) is 1. The first-order chi connectivity index (χ1) is 6.15. The van der Waals surface area contributed by atoms with Crippen molar-refractivity contribution in [3.63, 3.8) is 0 Å². The van der Waals surface area contributed by atoms with Gasteiger partial charge in [-0.15, -0.1) is 0 Å². The van der Waals surface area contributed by atoms with Gasteiger partial charge in [-0.3, -0.25) is 4.79 Å². The van der Waals surface area contributed by atoms with Gasteiger partial charge >= 0.3 is 5.97 Å². The lowest BCUT2D eigenvalue weighted by Gasteiger charge is -2.10. The van der Waals surface area contributed by atoms with Gasteiger partial charge in [-0.2, -0.15) is 0 Å². The second-order valence-corrected chi connectivity index (χ2v) is 4.33. The summed E-state index contributed by atoms with van der Waals surface area (Å²) in [6.07, 6.45) is 1.81. The molecular formula is C8H14O4S. The van der Waals surface area contributed by atoms with Gasteiger partial charge in [0.2, 0.25) is 0 Å². The molecule has 0 bridgehead atoms. The Morgan fingerprint density at radius 2 is 2.23 bits per heavy atom. The molecule has 0 amide bonds. The first-order valence-electron chi connectivity index (χ1n) is 4.43. The molecule has 1 aliphatic heterocycles. The fraction of sp³-hybridized carbons (Fsp3) is 0.875. The highest BCUT2D eigenvalue weighted by atomic mass is 32.2. The Balaban J connectivity index is 2.59. The van der Waals surface area contributed by atoms with Crippen molar-refractivity contribution >= 4 is 16.7 Å². The summed E-state index contributed by atoms with van der Waals surface area (Å²) in [6, 6.07) is 0. The topological polar surface area (TPSA) is 60.4 Å². The molecule has 1 fully saturated rings. The van der Waals surface area contributed by atoms with Crippen LogP contribution in [0.15, 0.2) is 0 Å². The van der Waals surface area contributed by atoms with Gasteiger partial charge < -0.3 is 4.74 Å². The lowest BCUT2D eigenvalue weighted by Crippen LogP contribution is -2.20. The van der Waals surface area contributed by atoms with Crippen LogP contribution in [-0.4, -0.2) is 26.7 Å². The van der Waals surface area contributed by atoms with E-state index in [4.69, 9.17) is 4.74 Å². The average molecular weight is 206 g/mol. The van der Waals surface area contributed by atoms with Crippen LogP contribution in [0.5, 0.6) is 0 Å². The lowest BCUT2D eigenvalue weighted by atomic mass is 9.93. The SMILES string of the molecule is CCC[C@@H]1COC(=O)C1C[SH](=O)=O.